The molecule has 0 saturated carbocycles. The van der Waals surface area contributed by atoms with E-state index in [2.05, 4.69) is 31.4 Å². The van der Waals surface area contributed by atoms with Gasteiger partial charge in [-0.1, -0.05) is 24.3 Å². The van der Waals surface area contributed by atoms with Crippen LogP contribution in [0.1, 0.15) is 5.56 Å². The standard InChI is InChI=1S/C21H19BrN4O5S/c1-31-18-12-15(11-17(22)21(18)28)13-24-25-20(27)14-26(19-9-5-6-10-23-19)32(29,30)16-7-3-2-4-8-16/h2-13,28H,14H2,1H3,(H,25,27)/b24-13-. The molecule has 9 nitrogen and oxygen atoms in total. The van der Waals surface area contributed by atoms with E-state index in [9.17, 15) is 18.3 Å². The Labute approximate surface area is 193 Å². The number of phenolic OH excluding ortho intramolecular Hbond substituents is 1. The average Bonchev–Trinajstić information content (AvgIpc) is 2.80. The number of hydrazone groups is 1. The second-order valence-electron chi connectivity index (χ2n) is 6.36. The van der Waals surface area contributed by atoms with Crippen LogP contribution in [0.2, 0.25) is 0 Å². The van der Waals surface area contributed by atoms with Crippen LogP contribution in [0.4, 0.5) is 5.82 Å². The van der Waals surface area contributed by atoms with Crippen LogP contribution in [0.3, 0.4) is 0 Å². The number of hydrogen-bond acceptors (Lipinski definition) is 7. The molecule has 0 aliphatic rings. The van der Waals surface area contributed by atoms with Crippen molar-refractivity contribution in [2.75, 3.05) is 18.0 Å². The van der Waals surface area contributed by atoms with Crippen molar-refractivity contribution in [1.29, 1.82) is 0 Å². The molecule has 32 heavy (non-hydrogen) atoms. The smallest absolute Gasteiger partial charge is 0.265 e. The van der Waals surface area contributed by atoms with Gasteiger partial charge >= 0.3 is 0 Å². The van der Waals surface area contributed by atoms with Gasteiger partial charge in [0.1, 0.15) is 12.4 Å². The third-order valence-electron chi connectivity index (χ3n) is 4.20. The number of sulfonamides is 1. The summed E-state index contributed by atoms with van der Waals surface area (Å²) in [6.45, 7) is -0.534. The first-order valence-electron chi connectivity index (χ1n) is 9.20. The van der Waals surface area contributed by atoms with Gasteiger partial charge in [-0.15, -0.1) is 0 Å². The Morgan fingerprint density at radius 3 is 2.59 bits per heavy atom. The summed E-state index contributed by atoms with van der Waals surface area (Å²) in [5.41, 5.74) is 2.84. The van der Waals surface area contributed by atoms with Crippen molar-refractivity contribution in [1.82, 2.24) is 10.4 Å². The fourth-order valence-corrected chi connectivity index (χ4v) is 4.54. The average molecular weight is 519 g/mol. The maximum atomic E-state index is 13.1. The second-order valence-corrected chi connectivity index (χ2v) is 9.08. The summed E-state index contributed by atoms with van der Waals surface area (Å²) in [4.78, 5) is 16.6. The highest BCUT2D eigenvalue weighted by Crippen LogP contribution is 2.34. The molecule has 166 valence electrons. The van der Waals surface area contributed by atoms with E-state index < -0.39 is 22.5 Å². The summed E-state index contributed by atoms with van der Waals surface area (Å²) < 4.78 is 32.6. The highest BCUT2D eigenvalue weighted by molar-refractivity contribution is 9.10. The number of rotatable bonds is 8. The van der Waals surface area contributed by atoms with Gasteiger partial charge in [0.05, 0.1) is 22.7 Å². The van der Waals surface area contributed by atoms with Crippen molar-refractivity contribution >= 4 is 43.9 Å². The van der Waals surface area contributed by atoms with Crippen molar-refractivity contribution in [3.63, 3.8) is 0 Å². The largest absolute Gasteiger partial charge is 0.503 e. The lowest BCUT2D eigenvalue weighted by Gasteiger charge is -2.22. The van der Waals surface area contributed by atoms with Crippen molar-refractivity contribution in [2.45, 2.75) is 4.90 Å². The molecule has 2 aromatic carbocycles. The molecular weight excluding hydrogens is 500 g/mol. The van der Waals surface area contributed by atoms with Gasteiger partial charge in [0.2, 0.25) is 0 Å². The van der Waals surface area contributed by atoms with Gasteiger partial charge in [-0.25, -0.2) is 23.1 Å². The van der Waals surface area contributed by atoms with Gasteiger partial charge in [-0.3, -0.25) is 4.79 Å². The van der Waals surface area contributed by atoms with E-state index in [0.717, 1.165) is 4.31 Å². The molecular formula is C21H19BrN4O5S. The molecule has 1 heterocycles. The summed E-state index contributed by atoms with van der Waals surface area (Å²) >= 11 is 3.20. The third-order valence-corrected chi connectivity index (χ3v) is 6.57. The fraction of sp³-hybridized carbons (Fsp3) is 0.0952. The number of aromatic hydroxyl groups is 1. The number of halogens is 1. The summed E-state index contributed by atoms with van der Waals surface area (Å²) in [6, 6.07) is 15.6. The molecule has 1 amide bonds. The fourth-order valence-electron chi connectivity index (χ4n) is 2.68. The predicted octanol–water partition coefficient (Wildman–Crippen LogP) is 2.90. The summed E-state index contributed by atoms with van der Waals surface area (Å²) in [5.74, 6) is -0.410. The molecule has 3 aromatic rings. The van der Waals surface area contributed by atoms with Crippen molar-refractivity contribution in [3.05, 3.63) is 76.9 Å². The minimum absolute atomic E-state index is 0.0305. The zero-order valence-electron chi connectivity index (χ0n) is 16.8. The van der Waals surface area contributed by atoms with Crippen LogP contribution in [0, 0.1) is 0 Å². The Morgan fingerprint density at radius 2 is 1.94 bits per heavy atom. The van der Waals surface area contributed by atoms with Gasteiger partial charge in [0.25, 0.3) is 15.9 Å². The molecule has 0 aliphatic carbocycles. The molecule has 0 spiro atoms. The van der Waals surface area contributed by atoms with Gasteiger partial charge in [-0.05, 0) is 57.9 Å². The Hall–Kier alpha value is -3.44. The number of nitrogens with zero attached hydrogens (tertiary/aromatic N) is 3. The number of methoxy groups -OCH3 is 1. The Kier molecular flexibility index (Phi) is 7.44. The van der Waals surface area contributed by atoms with E-state index in [4.69, 9.17) is 4.74 Å². The molecule has 1 aromatic heterocycles. The van der Waals surface area contributed by atoms with Crippen LogP contribution in [0.15, 0.2) is 81.3 Å². The van der Waals surface area contributed by atoms with Crippen molar-refractivity contribution < 1.29 is 23.1 Å². The Morgan fingerprint density at radius 1 is 1.22 bits per heavy atom. The van der Waals surface area contributed by atoms with Gasteiger partial charge in [-0.2, -0.15) is 5.10 Å². The molecule has 0 saturated heterocycles. The minimum atomic E-state index is -4.04. The number of hydrogen-bond donors (Lipinski definition) is 2. The number of ether oxygens (including phenoxy) is 1. The van der Waals surface area contributed by atoms with Gasteiger partial charge in [0.15, 0.2) is 11.5 Å². The zero-order valence-corrected chi connectivity index (χ0v) is 19.2. The van der Waals surface area contributed by atoms with Crippen LogP contribution in [0.5, 0.6) is 11.5 Å². The molecule has 11 heteroatoms. The maximum absolute atomic E-state index is 13.1. The quantitative estimate of drug-likeness (QED) is 0.349. The first-order valence-corrected chi connectivity index (χ1v) is 11.4. The lowest BCUT2D eigenvalue weighted by Crippen LogP contribution is -2.40. The normalized spacial score (nSPS) is 11.3. The highest BCUT2D eigenvalue weighted by atomic mass is 79.9. The van der Waals surface area contributed by atoms with Crippen molar-refractivity contribution in [3.8, 4) is 11.5 Å². The van der Waals surface area contributed by atoms with E-state index in [1.165, 1.54) is 43.8 Å². The maximum Gasteiger partial charge on any atom is 0.265 e. The molecule has 0 fully saturated rings. The number of benzene rings is 2. The number of amides is 1. The number of pyridine rings is 1. The zero-order chi connectivity index (χ0) is 23.1. The molecule has 0 aliphatic heterocycles. The number of nitrogens with one attached hydrogen (secondary N) is 1. The van der Waals surface area contributed by atoms with E-state index >= 15 is 0 Å². The van der Waals surface area contributed by atoms with Crippen LogP contribution < -0.4 is 14.5 Å². The van der Waals surface area contributed by atoms with Gasteiger partial charge in [0, 0.05) is 6.20 Å². The molecule has 0 radical (unpaired) electrons. The van der Waals surface area contributed by atoms with E-state index in [1.54, 1.807) is 36.4 Å². The van der Waals surface area contributed by atoms with Gasteiger partial charge < -0.3 is 9.84 Å². The molecule has 3 rings (SSSR count). The van der Waals surface area contributed by atoms with Crippen LogP contribution in [0.25, 0.3) is 0 Å². The summed E-state index contributed by atoms with van der Waals surface area (Å²) in [6.07, 6.45) is 2.77. The van der Waals surface area contributed by atoms with Crippen LogP contribution >= 0.6 is 15.9 Å². The minimum Gasteiger partial charge on any atom is -0.503 e. The van der Waals surface area contributed by atoms with Crippen molar-refractivity contribution in [2.24, 2.45) is 5.10 Å². The van der Waals surface area contributed by atoms with E-state index in [-0.39, 0.29) is 22.2 Å². The summed E-state index contributed by atoms with van der Waals surface area (Å²) in [5, 5.41) is 13.7. The van der Waals surface area contributed by atoms with E-state index in [1.807, 2.05) is 0 Å². The SMILES string of the molecule is COc1cc(/C=N\NC(=O)CN(c2ccccn2)S(=O)(=O)c2ccccc2)cc(Br)c1O. The topological polar surface area (TPSA) is 121 Å². The molecule has 0 unspecified atom stereocenters. The van der Waals surface area contributed by atoms with Crippen LogP contribution in [-0.2, 0) is 14.8 Å². The van der Waals surface area contributed by atoms with E-state index in [0.29, 0.717) is 10.0 Å². The second kappa shape index (κ2) is 10.2. The number of carbonyl (C=O) groups is 1. The first kappa shape index (κ1) is 23.2. The number of anilines is 1. The number of aromatic nitrogens is 1. The Balaban J connectivity index is 1.79. The number of phenols is 1. The molecule has 2 N–H and O–H groups in total. The monoisotopic (exact) mass is 518 g/mol. The summed E-state index contributed by atoms with van der Waals surface area (Å²) in [7, 11) is -2.63. The third kappa shape index (κ3) is 5.42. The lowest BCUT2D eigenvalue weighted by molar-refractivity contribution is -0.119. The Bertz CT molecular complexity index is 1220. The molecule has 0 bridgehead atoms. The lowest BCUT2D eigenvalue weighted by atomic mass is 10.2. The highest BCUT2D eigenvalue weighted by Gasteiger charge is 2.27. The first-order chi connectivity index (χ1) is 15.3. The number of carbonyl (C=O) groups excluding carboxylic acids is 1. The van der Waals surface area contributed by atoms with Crippen LogP contribution in [-0.4, -0.2) is 44.3 Å². The predicted molar refractivity (Wildman–Crippen MR) is 123 cm³/mol. The molecule has 0 atom stereocenters.